The van der Waals surface area contributed by atoms with Crippen LogP contribution in [0, 0.1) is 0 Å². The van der Waals surface area contributed by atoms with E-state index in [2.05, 4.69) is 9.97 Å². The fourth-order valence-corrected chi connectivity index (χ4v) is 3.23. The quantitative estimate of drug-likeness (QED) is 0.606. The van der Waals surface area contributed by atoms with E-state index >= 15 is 0 Å². The zero-order valence-electron chi connectivity index (χ0n) is 11.2. The van der Waals surface area contributed by atoms with Gasteiger partial charge in [0.25, 0.3) is 0 Å². The van der Waals surface area contributed by atoms with Gasteiger partial charge in [0.2, 0.25) is 0 Å². The molecule has 0 spiro atoms. The van der Waals surface area contributed by atoms with E-state index in [1.54, 1.807) is 23.2 Å². The number of ether oxygens (including phenoxy) is 2. The standard InChI is InChI=1S/C14H10Cl2N2O2S2/c15-11-1-12(16)14(20-4-10-6-22-8-18-10)2-13(11)19-3-9-5-21-7-17-9/h1-2,5-8H,3-4H2. The SMILES string of the molecule is Clc1cc(Cl)c(OCc2cscn2)cc1OCc1cscn1. The minimum Gasteiger partial charge on any atom is -0.486 e. The van der Waals surface area contributed by atoms with Gasteiger partial charge in [-0.2, -0.15) is 0 Å². The summed E-state index contributed by atoms with van der Waals surface area (Å²) in [5.74, 6) is 1.01. The van der Waals surface area contributed by atoms with Gasteiger partial charge >= 0.3 is 0 Å². The molecule has 0 saturated carbocycles. The summed E-state index contributed by atoms with van der Waals surface area (Å²) < 4.78 is 11.3. The first-order valence-electron chi connectivity index (χ1n) is 6.21. The Bertz CT molecular complexity index is 674. The molecule has 4 nitrogen and oxygen atoms in total. The molecule has 0 atom stereocenters. The highest BCUT2D eigenvalue weighted by molar-refractivity contribution is 7.07. The molecule has 0 N–H and O–H groups in total. The fourth-order valence-electron chi connectivity index (χ4n) is 1.65. The first-order valence-corrected chi connectivity index (χ1v) is 8.85. The lowest BCUT2D eigenvalue weighted by atomic mass is 10.3. The maximum Gasteiger partial charge on any atom is 0.142 e. The molecule has 0 unspecified atom stereocenters. The van der Waals surface area contributed by atoms with Gasteiger partial charge in [-0.05, 0) is 6.07 Å². The number of nitrogens with zero attached hydrogens (tertiary/aromatic N) is 2. The van der Waals surface area contributed by atoms with Crippen LogP contribution in [-0.4, -0.2) is 9.97 Å². The molecule has 8 heteroatoms. The van der Waals surface area contributed by atoms with Crippen LogP contribution < -0.4 is 9.47 Å². The second kappa shape index (κ2) is 7.28. The van der Waals surface area contributed by atoms with E-state index in [-0.39, 0.29) is 0 Å². The highest BCUT2D eigenvalue weighted by Gasteiger charge is 2.11. The van der Waals surface area contributed by atoms with Crippen LogP contribution in [0.2, 0.25) is 10.0 Å². The third-order valence-corrected chi connectivity index (χ3v) is 4.57. The molecule has 0 aliphatic heterocycles. The molecule has 1 aromatic carbocycles. The van der Waals surface area contributed by atoms with Crippen molar-refractivity contribution in [3.63, 3.8) is 0 Å². The lowest BCUT2D eigenvalue weighted by Crippen LogP contribution is -1.99. The number of hydrogen-bond acceptors (Lipinski definition) is 6. The van der Waals surface area contributed by atoms with E-state index < -0.39 is 0 Å². The van der Waals surface area contributed by atoms with Gasteiger partial charge in [-0.3, -0.25) is 0 Å². The summed E-state index contributed by atoms with van der Waals surface area (Å²) in [4.78, 5) is 8.31. The molecule has 2 heterocycles. The second-order valence-electron chi connectivity index (χ2n) is 4.25. The maximum atomic E-state index is 6.15. The van der Waals surface area contributed by atoms with Crippen LogP contribution in [0.5, 0.6) is 11.5 Å². The van der Waals surface area contributed by atoms with E-state index in [9.17, 15) is 0 Å². The molecule has 0 fully saturated rings. The molecule has 0 bridgehead atoms. The molecule has 0 aliphatic carbocycles. The van der Waals surface area contributed by atoms with Crippen molar-refractivity contribution in [2.45, 2.75) is 13.2 Å². The van der Waals surface area contributed by atoms with Crippen molar-refractivity contribution in [2.75, 3.05) is 0 Å². The number of aromatic nitrogens is 2. The zero-order valence-corrected chi connectivity index (χ0v) is 14.3. The summed E-state index contributed by atoms with van der Waals surface area (Å²) in [6, 6.07) is 3.29. The minimum absolute atomic E-state index is 0.344. The Kier molecular flexibility index (Phi) is 5.15. The molecule has 0 aliphatic rings. The van der Waals surface area contributed by atoms with Crippen LogP contribution in [0.4, 0.5) is 0 Å². The number of benzene rings is 1. The molecule has 22 heavy (non-hydrogen) atoms. The highest BCUT2D eigenvalue weighted by Crippen LogP contribution is 2.36. The molecule has 3 aromatic rings. The van der Waals surface area contributed by atoms with Crippen LogP contribution >= 0.6 is 45.9 Å². The van der Waals surface area contributed by atoms with Crippen molar-refractivity contribution >= 4 is 45.9 Å². The van der Waals surface area contributed by atoms with Crippen molar-refractivity contribution < 1.29 is 9.47 Å². The van der Waals surface area contributed by atoms with Crippen LogP contribution in [0.25, 0.3) is 0 Å². The molecule has 114 valence electrons. The molecule has 2 aromatic heterocycles. The monoisotopic (exact) mass is 372 g/mol. The number of hydrogen-bond donors (Lipinski definition) is 0. The Morgan fingerprint density at radius 3 is 1.73 bits per heavy atom. The molecule has 0 amide bonds. The zero-order chi connectivity index (χ0) is 15.4. The maximum absolute atomic E-state index is 6.15. The van der Waals surface area contributed by atoms with E-state index in [4.69, 9.17) is 32.7 Å². The predicted molar refractivity (Wildman–Crippen MR) is 89.4 cm³/mol. The van der Waals surface area contributed by atoms with Gasteiger partial charge in [-0.25, -0.2) is 9.97 Å². The number of halogens is 2. The van der Waals surface area contributed by atoms with Gasteiger partial charge in [0, 0.05) is 16.8 Å². The fraction of sp³-hybridized carbons (Fsp3) is 0.143. The summed E-state index contributed by atoms with van der Waals surface area (Å²) in [7, 11) is 0. The van der Waals surface area contributed by atoms with Gasteiger partial charge in [0.15, 0.2) is 0 Å². The van der Waals surface area contributed by atoms with Gasteiger partial charge in [-0.15, -0.1) is 22.7 Å². The summed E-state index contributed by atoms with van der Waals surface area (Å²) in [5.41, 5.74) is 5.21. The van der Waals surface area contributed by atoms with E-state index in [1.807, 2.05) is 10.8 Å². The highest BCUT2D eigenvalue weighted by atomic mass is 35.5. The first-order chi connectivity index (χ1) is 10.7. The van der Waals surface area contributed by atoms with E-state index in [0.29, 0.717) is 34.8 Å². The lowest BCUT2D eigenvalue weighted by molar-refractivity contribution is 0.286. The predicted octanol–water partition coefficient (Wildman–Crippen LogP) is 5.06. The van der Waals surface area contributed by atoms with Crippen molar-refractivity contribution in [1.82, 2.24) is 9.97 Å². The Morgan fingerprint density at radius 2 is 1.32 bits per heavy atom. The van der Waals surface area contributed by atoms with Crippen molar-refractivity contribution in [2.24, 2.45) is 0 Å². The van der Waals surface area contributed by atoms with Gasteiger partial charge in [0.1, 0.15) is 24.7 Å². The van der Waals surface area contributed by atoms with Crippen LogP contribution in [-0.2, 0) is 13.2 Å². The molecular weight excluding hydrogens is 363 g/mol. The Balaban J connectivity index is 1.71. The van der Waals surface area contributed by atoms with Gasteiger partial charge in [0.05, 0.1) is 32.5 Å². The van der Waals surface area contributed by atoms with Crippen molar-refractivity contribution in [3.05, 3.63) is 55.3 Å². The smallest absolute Gasteiger partial charge is 0.142 e. The Hall–Kier alpha value is -1.34. The third kappa shape index (κ3) is 3.89. The third-order valence-electron chi connectivity index (χ3n) is 2.70. The number of rotatable bonds is 6. The molecule has 0 saturated heterocycles. The van der Waals surface area contributed by atoms with Crippen LogP contribution in [0.15, 0.2) is 33.9 Å². The second-order valence-corrected chi connectivity index (χ2v) is 6.50. The number of thiazole rings is 2. The normalized spacial score (nSPS) is 10.6. The van der Waals surface area contributed by atoms with E-state index in [0.717, 1.165) is 11.4 Å². The molecule has 0 radical (unpaired) electrons. The van der Waals surface area contributed by atoms with Crippen LogP contribution in [0.1, 0.15) is 11.4 Å². The van der Waals surface area contributed by atoms with Crippen molar-refractivity contribution in [1.29, 1.82) is 0 Å². The average molecular weight is 373 g/mol. The summed E-state index contributed by atoms with van der Waals surface area (Å²) in [6.45, 7) is 0.687. The summed E-state index contributed by atoms with van der Waals surface area (Å²) >= 11 is 15.3. The lowest BCUT2D eigenvalue weighted by Gasteiger charge is -2.11. The topological polar surface area (TPSA) is 44.2 Å². The largest absolute Gasteiger partial charge is 0.486 e. The Morgan fingerprint density at radius 1 is 0.818 bits per heavy atom. The van der Waals surface area contributed by atoms with Crippen LogP contribution in [0.3, 0.4) is 0 Å². The average Bonchev–Trinajstić information content (AvgIpc) is 3.19. The summed E-state index contributed by atoms with van der Waals surface area (Å²) in [6.07, 6.45) is 0. The van der Waals surface area contributed by atoms with E-state index in [1.165, 1.54) is 22.7 Å². The minimum atomic E-state index is 0.344. The van der Waals surface area contributed by atoms with Gasteiger partial charge < -0.3 is 9.47 Å². The van der Waals surface area contributed by atoms with Gasteiger partial charge in [-0.1, -0.05) is 23.2 Å². The molecule has 3 rings (SSSR count). The van der Waals surface area contributed by atoms with Crippen molar-refractivity contribution in [3.8, 4) is 11.5 Å². The molecular formula is C14H10Cl2N2O2S2. The first kappa shape index (κ1) is 15.6. The Labute approximate surface area is 145 Å². The summed E-state index contributed by atoms with van der Waals surface area (Å²) in [5, 5.41) is 4.70.